The second-order valence-electron chi connectivity index (χ2n) is 3.29. The van der Waals surface area contributed by atoms with Gasteiger partial charge in [-0.15, -0.1) is 0 Å². The largest absolute Gasteiger partial charge is 0.497 e. The molecule has 0 amide bonds. The summed E-state index contributed by atoms with van der Waals surface area (Å²) in [5, 5.41) is 0. The molecule has 3 nitrogen and oxygen atoms in total. The Morgan fingerprint density at radius 1 is 1.36 bits per heavy atom. The zero-order valence-electron chi connectivity index (χ0n) is 7.96. The second kappa shape index (κ2) is 4.29. The van der Waals surface area contributed by atoms with Crippen molar-refractivity contribution in [1.82, 2.24) is 10.9 Å². The van der Waals surface area contributed by atoms with Crippen LogP contribution in [0.25, 0.3) is 0 Å². The van der Waals surface area contributed by atoms with Crippen molar-refractivity contribution in [3.05, 3.63) is 29.8 Å². The lowest BCUT2D eigenvalue weighted by atomic mass is 10.1. The predicted octanol–water partition coefficient (Wildman–Crippen LogP) is 1.61. The van der Waals surface area contributed by atoms with E-state index in [1.54, 1.807) is 7.11 Å². The van der Waals surface area contributed by atoms with E-state index in [0.29, 0.717) is 10.9 Å². The second-order valence-corrected chi connectivity index (χ2v) is 4.47. The highest BCUT2D eigenvalue weighted by Crippen LogP contribution is 2.26. The third-order valence-electron chi connectivity index (χ3n) is 2.39. The number of alkyl halides is 1. The number of hydrogen-bond donors (Lipinski definition) is 2. The first-order chi connectivity index (χ1) is 6.81. The molecule has 2 N–H and O–H groups in total. The van der Waals surface area contributed by atoms with Crippen molar-refractivity contribution in [2.75, 3.05) is 13.7 Å². The molecule has 4 heteroatoms. The molecule has 2 atom stereocenters. The Balaban J connectivity index is 2.16. The van der Waals surface area contributed by atoms with Crippen molar-refractivity contribution in [3.8, 4) is 5.75 Å². The predicted molar refractivity (Wildman–Crippen MR) is 59.6 cm³/mol. The van der Waals surface area contributed by atoms with Gasteiger partial charge in [0.25, 0.3) is 0 Å². The van der Waals surface area contributed by atoms with E-state index in [2.05, 4.69) is 38.9 Å². The van der Waals surface area contributed by atoms with Gasteiger partial charge in [0, 0.05) is 11.4 Å². The minimum atomic E-state index is 0.334. The summed E-state index contributed by atoms with van der Waals surface area (Å²) in [5.74, 6) is 0.894. The van der Waals surface area contributed by atoms with Crippen LogP contribution < -0.4 is 15.6 Å². The first kappa shape index (κ1) is 9.96. The fraction of sp³-hybridized carbons (Fsp3) is 0.400. The van der Waals surface area contributed by atoms with Crippen LogP contribution in [0.2, 0.25) is 0 Å². The molecule has 1 heterocycles. The van der Waals surface area contributed by atoms with Crippen LogP contribution in [0.15, 0.2) is 24.3 Å². The van der Waals surface area contributed by atoms with Crippen LogP contribution in [0.4, 0.5) is 0 Å². The highest BCUT2D eigenvalue weighted by atomic mass is 79.9. The molecule has 2 unspecified atom stereocenters. The van der Waals surface area contributed by atoms with Gasteiger partial charge in [0.15, 0.2) is 0 Å². The summed E-state index contributed by atoms with van der Waals surface area (Å²) < 4.78 is 5.11. The summed E-state index contributed by atoms with van der Waals surface area (Å²) in [4.78, 5) is 0.441. The zero-order valence-corrected chi connectivity index (χ0v) is 9.54. The van der Waals surface area contributed by atoms with E-state index in [1.165, 1.54) is 5.56 Å². The van der Waals surface area contributed by atoms with Crippen LogP contribution in [0.1, 0.15) is 11.6 Å². The van der Waals surface area contributed by atoms with Crippen LogP contribution in [-0.4, -0.2) is 18.5 Å². The summed E-state index contributed by atoms with van der Waals surface area (Å²) >= 11 is 3.62. The molecule has 0 aliphatic carbocycles. The first-order valence-corrected chi connectivity index (χ1v) is 5.49. The van der Waals surface area contributed by atoms with Crippen molar-refractivity contribution >= 4 is 15.9 Å². The van der Waals surface area contributed by atoms with Crippen LogP contribution in [0.5, 0.6) is 5.75 Å². The van der Waals surface area contributed by atoms with E-state index in [9.17, 15) is 0 Å². The fourth-order valence-electron chi connectivity index (χ4n) is 1.58. The molecule has 1 aromatic carbocycles. The number of hydrogen-bond acceptors (Lipinski definition) is 3. The Labute approximate surface area is 91.9 Å². The molecule has 0 aromatic heterocycles. The molecule has 1 aromatic rings. The Morgan fingerprint density at radius 2 is 2.07 bits per heavy atom. The van der Waals surface area contributed by atoms with Crippen molar-refractivity contribution in [2.45, 2.75) is 10.9 Å². The Morgan fingerprint density at radius 3 is 2.57 bits per heavy atom. The SMILES string of the molecule is COc1ccc(C2NNCC2Br)cc1. The first-order valence-electron chi connectivity index (χ1n) is 4.57. The molecule has 1 aliphatic rings. The number of rotatable bonds is 2. The minimum Gasteiger partial charge on any atom is -0.497 e. The smallest absolute Gasteiger partial charge is 0.118 e. The van der Waals surface area contributed by atoms with Gasteiger partial charge in [-0.25, -0.2) is 5.43 Å². The molecule has 14 heavy (non-hydrogen) atoms. The molecule has 0 bridgehead atoms. The van der Waals surface area contributed by atoms with Crippen molar-refractivity contribution in [2.24, 2.45) is 0 Å². The molecule has 1 aliphatic heterocycles. The molecular formula is C10H13BrN2O. The zero-order chi connectivity index (χ0) is 9.97. The lowest BCUT2D eigenvalue weighted by molar-refractivity contribution is 0.414. The van der Waals surface area contributed by atoms with Gasteiger partial charge in [-0.3, -0.25) is 5.43 Å². The van der Waals surface area contributed by atoms with E-state index < -0.39 is 0 Å². The quantitative estimate of drug-likeness (QED) is 0.790. The maximum atomic E-state index is 5.11. The molecule has 1 fully saturated rings. The maximum absolute atomic E-state index is 5.11. The molecule has 2 rings (SSSR count). The normalized spacial score (nSPS) is 26.4. The molecule has 0 radical (unpaired) electrons. The van der Waals surface area contributed by atoms with Crippen LogP contribution >= 0.6 is 15.9 Å². The minimum absolute atomic E-state index is 0.334. The van der Waals surface area contributed by atoms with E-state index in [0.717, 1.165) is 12.3 Å². The average Bonchev–Trinajstić information content (AvgIpc) is 2.65. The molecular weight excluding hydrogens is 244 g/mol. The number of methoxy groups -OCH3 is 1. The van der Waals surface area contributed by atoms with Gasteiger partial charge in [0.05, 0.1) is 13.2 Å². The summed E-state index contributed by atoms with van der Waals surface area (Å²) in [7, 11) is 1.68. The van der Waals surface area contributed by atoms with Gasteiger partial charge in [-0.1, -0.05) is 28.1 Å². The number of benzene rings is 1. The number of hydrazine groups is 1. The summed E-state index contributed by atoms with van der Waals surface area (Å²) in [6.07, 6.45) is 0. The Hall–Kier alpha value is -0.580. The van der Waals surface area contributed by atoms with Crippen LogP contribution in [0.3, 0.4) is 0 Å². The summed E-state index contributed by atoms with van der Waals surface area (Å²) in [6.45, 7) is 0.941. The highest BCUT2D eigenvalue weighted by molar-refractivity contribution is 9.09. The summed E-state index contributed by atoms with van der Waals surface area (Å²) in [5.41, 5.74) is 7.61. The summed E-state index contributed by atoms with van der Waals surface area (Å²) in [6, 6.07) is 8.46. The molecule has 76 valence electrons. The highest BCUT2D eigenvalue weighted by Gasteiger charge is 2.25. The van der Waals surface area contributed by atoms with Crippen molar-refractivity contribution in [1.29, 1.82) is 0 Å². The monoisotopic (exact) mass is 256 g/mol. The number of nitrogens with one attached hydrogen (secondary N) is 2. The van der Waals surface area contributed by atoms with Gasteiger partial charge < -0.3 is 4.74 Å². The lowest BCUT2D eigenvalue weighted by Crippen LogP contribution is -2.24. The number of ether oxygens (including phenoxy) is 1. The average molecular weight is 257 g/mol. The van der Waals surface area contributed by atoms with Gasteiger partial charge >= 0.3 is 0 Å². The molecule has 1 saturated heterocycles. The van der Waals surface area contributed by atoms with E-state index in [1.807, 2.05) is 12.1 Å². The molecule has 0 saturated carbocycles. The Kier molecular flexibility index (Phi) is 3.05. The van der Waals surface area contributed by atoms with E-state index >= 15 is 0 Å². The van der Waals surface area contributed by atoms with Crippen molar-refractivity contribution in [3.63, 3.8) is 0 Å². The maximum Gasteiger partial charge on any atom is 0.118 e. The van der Waals surface area contributed by atoms with Gasteiger partial charge in [0.2, 0.25) is 0 Å². The van der Waals surface area contributed by atoms with Crippen molar-refractivity contribution < 1.29 is 4.74 Å². The van der Waals surface area contributed by atoms with Gasteiger partial charge in [-0.2, -0.15) is 0 Å². The van der Waals surface area contributed by atoms with Crippen LogP contribution in [0, 0.1) is 0 Å². The topological polar surface area (TPSA) is 33.3 Å². The van der Waals surface area contributed by atoms with E-state index in [-0.39, 0.29) is 0 Å². The third kappa shape index (κ3) is 1.92. The van der Waals surface area contributed by atoms with Gasteiger partial charge in [0.1, 0.15) is 5.75 Å². The standard InChI is InChI=1S/C10H13BrN2O/c1-14-8-4-2-7(3-5-8)10-9(11)6-12-13-10/h2-5,9-10,12-13H,6H2,1H3. The third-order valence-corrected chi connectivity index (χ3v) is 3.24. The van der Waals surface area contributed by atoms with E-state index in [4.69, 9.17) is 4.74 Å². The Bertz CT molecular complexity index is 301. The van der Waals surface area contributed by atoms with Gasteiger partial charge in [-0.05, 0) is 17.7 Å². The fourth-order valence-corrected chi connectivity index (χ4v) is 2.18. The molecule has 0 spiro atoms. The number of halogens is 1. The van der Waals surface area contributed by atoms with Crippen LogP contribution in [-0.2, 0) is 0 Å². The lowest BCUT2D eigenvalue weighted by Gasteiger charge is -2.13.